The monoisotopic (exact) mass is 423 g/mol. The summed E-state index contributed by atoms with van der Waals surface area (Å²) in [5.41, 5.74) is 2.77. The van der Waals surface area contributed by atoms with E-state index in [0.29, 0.717) is 24.6 Å². The standard InChI is InChI=1S/C24H29N3O4/c1-15-4-6-17(7-5-15)26-24(29)27-13-20(21(14-27)23(28)25-16-8-9-16)19-11-10-18(30-2)12-22(19)31-3/h4-7,10-12,16,20-21H,8-9,13-14H2,1-3H3,(H,25,28)(H,26,29). The average Bonchev–Trinajstić information content (AvgIpc) is 3.48. The summed E-state index contributed by atoms with van der Waals surface area (Å²) in [5.74, 6) is 0.840. The Morgan fingerprint density at radius 2 is 1.74 bits per heavy atom. The van der Waals surface area contributed by atoms with Gasteiger partial charge >= 0.3 is 6.03 Å². The lowest BCUT2D eigenvalue weighted by Crippen LogP contribution is -2.37. The summed E-state index contributed by atoms with van der Waals surface area (Å²) in [7, 11) is 3.21. The van der Waals surface area contributed by atoms with Gasteiger partial charge in [0.1, 0.15) is 11.5 Å². The lowest BCUT2D eigenvalue weighted by Gasteiger charge is -2.21. The molecule has 3 amide bonds. The molecule has 1 saturated carbocycles. The van der Waals surface area contributed by atoms with Crippen molar-refractivity contribution in [3.8, 4) is 11.5 Å². The second-order valence-corrected chi connectivity index (χ2v) is 8.30. The van der Waals surface area contributed by atoms with Crippen LogP contribution >= 0.6 is 0 Å². The molecule has 31 heavy (non-hydrogen) atoms. The van der Waals surface area contributed by atoms with E-state index in [1.165, 1.54) is 0 Å². The number of hydrogen-bond acceptors (Lipinski definition) is 4. The van der Waals surface area contributed by atoms with Gasteiger partial charge in [-0.25, -0.2) is 4.79 Å². The smallest absolute Gasteiger partial charge is 0.321 e. The minimum atomic E-state index is -0.341. The van der Waals surface area contributed by atoms with Crippen molar-refractivity contribution in [3.63, 3.8) is 0 Å². The molecule has 1 heterocycles. The van der Waals surface area contributed by atoms with Gasteiger partial charge in [-0.3, -0.25) is 4.79 Å². The summed E-state index contributed by atoms with van der Waals surface area (Å²) in [6.07, 6.45) is 2.04. The van der Waals surface area contributed by atoms with Gasteiger partial charge in [0, 0.05) is 42.4 Å². The van der Waals surface area contributed by atoms with Crippen molar-refractivity contribution in [2.45, 2.75) is 31.7 Å². The lowest BCUT2D eigenvalue weighted by molar-refractivity contribution is -0.125. The molecule has 2 unspecified atom stereocenters. The van der Waals surface area contributed by atoms with Crippen LogP contribution in [0.5, 0.6) is 11.5 Å². The maximum atomic E-state index is 13.0. The predicted octanol–water partition coefficient (Wildman–Crippen LogP) is 3.54. The number of nitrogens with zero attached hydrogens (tertiary/aromatic N) is 1. The number of nitrogens with one attached hydrogen (secondary N) is 2. The molecule has 0 bridgehead atoms. The number of rotatable bonds is 6. The van der Waals surface area contributed by atoms with E-state index in [0.717, 1.165) is 29.7 Å². The van der Waals surface area contributed by atoms with Gasteiger partial charge in [-0.1, -0.05) is 23.8 Å². The van der Waals surface area contributed by atoms with Gasteiger partial charge in [-0.2, -0.15) is 0 Å². The number of hydrogen-bond donors (Lipinski definition) is 2. The molecule has 2 N–H and O–H groups in total. The third kappa shape index (κ3) is 4.76. The van der Waals surface area contributed by atoms with Gasteiger partial charge in [0.05, 0.1) is 20.1 Å². The number of amides is 3. The van der Waals surface area contributed by atoms with Crippen molar-refractivity contribution in [3.05, 3.63) is 53.6 Å². The largest absolute Gasteiger partial charge is 0.497 e. The maximum Gasteiger partial charge on any atom is 0.321 e. The van der Waals surface area contributed by atoms with E-state index >= 15 is 0 Å². The van der Waals surface area contributed by atoms with E-state index in [9.17, 15) is 9.59 Å². The number of anilines is 1. The Bertz CT molecular complexity index is 956. The number of methoxy groups -OCH3 is 2. The second-order valence-electron chi connectivity index (χ2n) is 8.30. The van der Waals surface area contributed by atoms with Crippen LogP contribution in [-0.4, -0.2) is 50.2 Å². The zero-order valence-electron chi connectivity index (χ0n) is 18.2. The highest BCUT2D eigenvalue weighted by molar-refractivity contribution is 5.91. The molecule has 1 aliphatic heterocycles. The Morgan fingerprint density at radius 1 is 1.00 bits per heavy atom. The topological polar surface area (TPSA) is 79.9 Å². The Kier molecular flexibility index (Phi) is 6.02. The van der Waals surface area contributed by atoms with Crippen LogP contribution < -0.4 is 20.1 Å². The minimum Gasteiger partial charge on any atom is -0.497 e. The van der Waals surface area contributed by atoms with Crippen molar-refractivity contribution in [2.75, 3.05) is 32.6 Å². The van der Waals surface area contributed by atoms with E-state index in [-0.39, 0.29) is 29.8 Å². The second kappa shape index (κ2) is 8.88. The molecule has 0 radical (unpaired) electrons. The van der Waals surface area contributed by atoms with Crippen LogP contribution in [0.4, 0.5) is 10.5 Å². The normalized spacial score (nSPS) is 20.3. The number of aryl methyl sites for hydroxylation is 1. The fourth-order valence-electron chi connectivity index (χ4n) is 4.05. The van der Waals surface area contributed by atoms with Gasteiger partial charge in [0.2, 0.25) is 5.91 Å². The van der Waals surface area contributed by atoms with Crippen LogP contribution in [0, 0.1) is 12.8 Å². The molecule has 2 aromatic rings. The number of benzene rings is 2. The third-order valence-corrected chi connectivity index (χ3v) is 6.01. The van der Waals surface area contributed by atoms with Crippen LogP contribution in [0.2, 0.25) is 0 Å². The van der Waals surface area contributed by atoms with E-state index in [2.05, 4.69) is 10.6 Å². The predicted molar refractivity (Wildman–Crippen MR) is 119 cm³/mol. The molecule has 0 aromatic heterocycles. The van der Waals surface area contributed by atoms with E-state index in [1.54, 1.807) is 19.1 Å². The van der Waals surface area contributed by atoms with Crippen molar-refractivity contribution < 1.29 is 19.1 Å². The molecular formula is C24H29N3O4. The van der Waals surface area contributed by atoms with Gasteiger partial charge < -0.3 is 25.0 Å². The first-order valence-electron chi connectivity index (χ1n) is 10.6. The fourth-order valence-corrected chi connectivity index (χ4v) is 4.05. The highest BCUT2D eigenvalue weighted by Crippen LogP contribution is 2.40. The van der Waals surface area contributed by atoms with Crippen LogP contribution in [0.15, 0.2) is 42.5 Å². The summed E-state index contributed by atoms with van der Waals surface area (Å²) >= 11 is 0. The number of carbonyl (C=O) groups excluding carboxylic acids is 2. The third-order valence-electron chi connectivity index (χ3n) is 6.01. The molecule has 4 rings (SSSR count). The van der Waals surface area contributed by atoms with Gasteiger partial charge in [0.15, 0.2) is 0 Å². The van der Waals surface area contributed by atoms with Crippen LogP contribution in [-0.2, 0) is 4.79 Å². The lowest BCUT2D eigenvalue weighted by atomic mass is 9.87. The zero-order valence-corrected chi connectivity index (χ0v) is 18.2. The van der Waals surface area contributed by atoms with Crippen LogP contribution in [0.25, 0.3) is 0 Å². The molecule has 7 nitrogen and oxygen atoms in total. The number of likely N-dealkylation sites (tertiary alicyclic amines) is 1. The molecule has 2 aromatic carbocycles. The first-order chi connectivity index (χ1) is 15.0. The molecule has 2 aliphatic rings. The highest BCUT2D eigenvalue weighted by atomic mass is 16.5. The van der Waals surface area contributed by atoms with Gasteiger partial charge in [-0.05, 0) is 38.0 Å². The summed E-state index contributed by atoms with van der Waals surface area (Å²) in [6, 6.07) is 13.3. The highest BCUT2D eigenvalue weighted by Gasteiger charge is 2.42. The number of urea groups is 1. The fraction of sp³-hybridized carbons (Fsp3) is 0.417. The first kappa shape index (κ1) is 21.0. The van der Waals surface area contributed by atoms with E-state index in [1.807, 2.05) is 49.4 Å². The van der Waals surface area contributed by atoms with Crippen molar-refractivity contribution in [1.82, 2.24) is 10.2 Å². The van der Waals surface area contributed by atoms with Gasteiger partial charge in [0.25, 0.3) is 0 Å². The summed E-state index contributed by atoms with van der Waals surface area (Å²) in [6.45, 7) is 2.79. The Balaban J connectivity index is 1.57. The first-order valence-corrected chi connectivity index (χ1v) is 10.6. The maximum absolute atomic E-state index is 13.0. The van der Waals surface area contributed by atoms with Crippen molar-refractivity contribution in [2.24, 2.45) is 5.92 Å². The van der Waals surface area contributed by atoms with E-state index < -0.39 is 0 Å². The Hall–Kier alpha value is -3.22. The summed E-state index contributed by atoms with van der Waals surface area (Å²) in [5, 5.41) is 6.05. The number of carbonyl (C=O) groups is 2. The molecule has 1 saturated heterocycles. The molecule has 7 heteroatoms. The molecule has 2 atom stereocenters. The van der Waals surface area contributed by atoms with Crippen molar-refractivity contribution >= 4 is 17.6 Å². The van der Waals surface area contributed by atoms with Crippen molar-refractivity contribution in [1.29, 1.82) is 0 Å². The minimum absolute atomic E-state index is 0.00370. The molecular weight excluding hydrogens is 394 g/mol. The molecule has 164 valence electrons. The molecule has 2 fully saturated rings. The average molecular weight is 424 g/mol. The Labute approximate surface area is 182 Å². The molecule has 1 aliphatic carbocycles. The SMILES string of the molecule is COc1ccc(C2CN(C(=O)Nc3ccc(C)cc3)CC2C(=O)NC2CC2)c(OC)c1. The summed E-state index contributed by atoms with van der Waals surface area (Å²) < 4.78 is 10.9. The quantitative estimate of drug-likeness (QED) is 0.745. The Morgan fingerprint density at radius 3 is 2.39 bits per heavy atom. The van der Waals surface area contributed by atoms with Gasteiger partial charge in [-0.15, -0.1) is 0 Å². The number of ether oxygens (including phenoxy) is 2. The molecule has 0 spiro atoms. The van der Waals surface area contributed by atoms with E-state index in [4.69, 9.17) is 9.47 Å². The van der Waals surface area contributed by atoms with Crippen LogP contribution in [0.3, 0.4) is 0 Å². The zero-order chi connectivity index (χ0) is 22.0. The summed E-state index contributed by atoms with van der Waals surface area (Å²) in [4.78, 5) is 27.7. The van der Waals surface area contributed by atoms with Crippen LogP contribution in [0.1, 0.15) is 29.9 Å².